The van der Waals surface area contributed by atoms with Gasteiger partial charge in [0.1, 0.15) is 0 Å². The highest BCUT2D eigenvalue weighted by molar-refractivity contribution is 5.78. The minimum atomic E-state index is -0.837. The maximum atomic E-state index is 11.7. The Bertz CT molecular complexity index is 272. The lowest BCUT2D eigenvalue weighted by Gasteiger charge is -2.34. The van der Waals surface area contributed by atoms with Crippen molar-refractivity contribution in [1.82, 2.24) is 10.2 Å². The quantitative estimate of drug-likeness (QED) is 0.647. The van der Waals surface area contributed by atoms with Gasteiger partial charge in [-0.2, -0.15) is 0 Å². The smallest absolute Gasteiger partial charge is 0.304 e. The van der Waals surface area contributed by atoms with Gasteiger partial charge in [-0.05, 0) is 27.2 Å². The van der Waals surface area contributed by atoms with E-state index in [1.54, 1.807) is 0 Å². The highest BCUT2D eigenvalue weighted by Crippen LogP contribution is 2.13. The first-order chi connectivity index (χ1) is 8.27. The van der Waals surface area contributed by atoms with Crippen LogP contribution in [-0.2, 0) is 9.59 Å². The molecule has 2 N–H and O–H groups in total. The number of rotatable bonds is 8. The highest BCUT2D eigenvalue weighted by Gasteiger charge is 2.23. The van der Waals surface area contributed by atoms with Crippen molar-refractivity contribution in [3.63, 3.8) is 0 Å². The van der Waals surface area contributed by atoms with Crippen molar-refractivity contribution >= 4 is 11.9 Å². The van der Waals surface area contributed by atoms with Crippen LogP contribution in [0.25, 0.3) is 0 Å². The molecule has 0 aromatic heterocycles. The number of carboxylic acid groups (broad SMARTS) is 1. The standard InChI is InChI=1S/C13H26N2O3/c1-5-6-8-14-11(16)10-15(13(2,3)4)9-7-12(17)18/h5-10H2,1-4H3,(H,14,16)(H,17,18). The number of hydrogen-bond acceptors (Lipinski definition) is 3. The van der Waals surface area contributed by atoms with Gasteiger partial charge in [-0.3, -0.25) is 14.5 Å². The molecule has 0 rings (SSSR count). The summed E-state index contributed by atoms with van der Waals surface area (Å²) in [4.78, 5) is 24.2. The number of amides is 1. The molecular weight excluding hydrogens is 232 g/mol. The van der Waals surface area contributed by atoms with Crippen molar-refractivity contribution in [3.05, 3.63) is 0 Å². The highest BCUT2D eigenvalue weighted by atomic mass is 16.4. The number of aliphatic carboxylic acids is 1. The normalized spacial score (nSPS) is 11.6. The molecule has 5 heteroatoms. The number of carbonyl (C=O) groups is 2. The van der Waals surface area contributed by atoms with Crippen molar-refractivity contribution in [2.45, 2.75) is 52.5 Å². The molecule has 1 amide bonds. The van der Waals surface area contributed by atoms with E-state index in [0.29, 0.717) is 13.1 Å². The lowest BCUT2D eigenvalue weighted by atomic mass is 10.1. The number of carboxylic acids is 1. The lowest BCUT2D eigenvalue weighted by molar-refractivity contribution is -0.138. The molecule has 0 aliphatic rings. The second kappa shape index (κ2) is 8.08. The molecule has 0 radical (unpaired) electrons. The summed E-state index contributed by atoms with van der Waals surface area (Å²) in [6.07, 6.45) is 2.07. The van der Waals surface area contributed by atoms with Crippen LogP contribution in [0.4, 0.5) is 0 Å². The summed E-state index contributed by atoms with van der Waals surface area (Å²) in [5.41, 5.74) is -0.211. The first-order valence-electron chi connectivity index (χ1n) is 6.51. The third-order valence-corrected chi connectivity index (χ3v) is 2.73. The van der Waals surface area contributed by atoms with Gasteiger partial charge in [0, 0.05) is 18.6 Å². The van der Waals surface area contributed by atoms with E-state index >= 15 is 0 Å². The molecule has 0 bridgehead atoms. The maximum Gasteiger partial charge on any atom is 0.304 e. The molecule has 0 aromatic rings. The van der Waals surface area contributed by atoms with E-state index in [2.05, 4.69) is 12.2 Å². The largest absolute Gasteiger partial charge is 0.481 e. The van der Waals surface area contributed by atoms with Crippen molar-refractivity contribution in [1.29, 1.82) is 0 Å². The van der Waals surface area contributed by atoms with Crippen molar-refractivity contribution in [2.75, 3.05) is 19.6 Å². The zero-order chi connectivity index (χ0) is 14.2. The first kappa shape index (κ1) is 16.9. The molecule has 0 heterocycles. The van der Waals surface area contributed by atoms with Crippen LogP contribution in [0.3, 0.4) is 0 Å². The summed E-state index contributed by atoms with van der Waals surface area (Å²) in [6.45, 7) is 9.34. The molecule has 0 saturated carbocycles. The number of hydrogen-bond donors (Lipinski definition) is 2. The number of nitrogens with one attached hydrogen (secondary N) is 1. The maximum absolute atomic E-state index is 11.7. The Morgan fingerprint density at radius 2 is 1.89 bits per heavy atom. The van der Waals surface area contributed by atoms with E-state index in [1.165, 1.54) is 0 Å². The van der Waals surface area contributed by atoms with E-state index in [4.69, 9.17) is 5.11 Å². The molecule has 0 spiro atoms. The summed E-state index contributed by atoms with van der Waals surface area (Å²) >= 11 is 0. The Hall–Kier alpha value is -1.10. The van der Waals surface area contributed by atoms with E-state index in [-0.39, 0.29) is 24.4 Å². The Balaban J connectivity index is 4.23. The van der Waals surface area contributed by atoms with Crippen LogP contribution in [0.5, 0.6) is 0 Å². The summed E-state index contributed by atoms with van der Waals surface area (Å²) in [5, 5.41) is 11.6. The summed E-state index contributed by atoms with van der Waals surface area (Å²) in [5.74, 6) is -0.876. The second-order valence-electron chi connectivity index (χ2n) is 5.44. The fraction of sp³-hybridized carbons (Fsp3) is 0.846. The molecule has 0 fully saturated rings. The van der Waals surface area contributed by atoms with Gasteiger partial charge in [0.15, 0.2) is 0 Å². The van der Waals surface area contributed by atoms with Gasteiger partial charge < -0.3 is 10.4 Å². The van der Waals surface area contributed by atoms with Crippen molar-refractivity contribution in [2.24, 2.45) is 0 Å². The second-order valence-corrected chi connectivity index (χ2v) is 5.44. The van der Waals surface area contributed by atoms with Gasteiger partial charge in [0.05, 0.1) is 13.0 Å². The average Bonchev–Trinajstić information content (AvgIpc) is 2.22. The SMILES string of the molecule is CCCCNC(=O)CN(CCC(=O)O)C(C)(C)C. The number of carbonyl (C=O) groups excluding carboxylic acids is 1. The third kappa shape index (κ3) is 8.06. The molecule has 0 atom stereocenters. The zero-order valence-corrected chi connectivity index (χ0v) is 12.0. The van der Waals surface area contributed by atoms with Crippen LogP contribution in [0.2, 0.25) is 0 Å². The van der Waals surface area contributed by atoms with E-state index < -0.39 is 5.97 Å². The van der Waals surface area contributed by atoms with Crippen molar-refractivity contribution < 1.29 is 14.7 Å². The van der Waals surface area contributed by atoms with E-state index in [9.17, 15) is 9.59 Å². The molecule has 18 heavy (non-hydrogen) atoms. The van der Waals surface area contributed by atoms with Crippen LogP contribution < -0.4 is 5.32 Å². The molecular formula is C13H26N2O3. The Kier molecular flexibility index (Phi) is 7.59. The van der Waals surface area contributed by atoms with Crippen LogP contribution >= 0.6 is 0 Å². The predicted molar refractivity (Wildman–Crippen MR) is 71.5 cm³/mol. The van der Waals surface area contributed by atoms with Crippen LogP contribution in [0.15, 0.2) is 0 Å². The average molecular weight is 258 g/mol. The molecule has 0 aromatic carbocycles. The molecule has 0 aliphatic heterocycles. The Labute approximate surface area is 110 Å². The third-order valence-electron chi connectivity index (χ3n) is 2.73. The first-order valence-corrected chi connectivity index (χ1v) is 6.51. The van der Waals surface area contributed by atoms with Crippen LogP contribution in [0.1, 0.15) is 47.0 Å². The Morgan fingerprint density at radius 3 is 2.33 bits per heavy atom. The fourth-order valence-electron chi connectivity index (χ4n) is 1.52. The molecule has 0 aliphatic carbocycles. The van der Waals surface area contributed by atoms with Gasteiger partial charge in [0.2, 0.25) is 5.91 Å². The minimum absolute atomic E-state index is 0.0382. The summed E-state index contributed by atoms with van der Waals surface area (Å²) in [6, 6.07) is 0. The van der Waals surface area contributed by atoms with Gasteiger partial charge in [-0.1, -0.05) is 13.3 Å². The molecule has 0 saturated heterocycles. The lowest BCUT2D eigenvalue weighted by Crippen LogP contribution is -2.48. The van der Waals surface area contributed by atoms with Crippen LogP contribution in [-0.4, -0.2) is 47.1 Å². The Morgan fingerprint density at radius 1 is 1.28 bits per heavy atom. The van der Waals surface area contributed by atoms with Gasteiger partial charge >= 0.3 is 5.97 Å². The van der Waals surface area contributed by atoms with E-state index in [0.717, 1.165) is 12.8 Å². The predicted octanol–water partition coefficient (Wildman–Crippen LogP) is 1.48. The summed E-state index contributed by atoms with van der Waals surface area (Å²) < 4.78 is 0. The monoisotopic (exact) mass is 258 g/mol. The minimum Gasteiger partial charge on any atom is -0.481 e. The van der Waals surface area contributed by atoms with Crippen LogP contribution in [0, 0.1) is 0 Å². The topological polar surface area (TPSA) is 69.6 Å². The van der Waals surface area contributed by atoms with Gasteiger partial charge in [-0.15, -0.1) is 0 Å². The molecule has 0 unspecified atom stereocenters. The van der Waals surface area contributed by atoms with Gasteiger partial charge in [0.25, 0.3) is 0 Å². The van der Waals surface area contributed by atoms with Gasteiger partial charge in [-0.25, -0.2) is 0 Å². The zero-order valence-electron chi connectivity index (χ0n) is 12.0. The number of unbranched alkanes of at least 4 members (excludes halogenated alkanes) is 1. The van der Waals surface area contributed by atoms with E-state index in [1.807, 2.05) is 25.7 Å². The molecule has 106 valence electrons. The molecule has 5 nitrogen and oxygen atoms in total. The summed E-state index contributed by atoms with van der Waals surface area (Å²) in [7, 11) is 0. The fourth-order valence-corrected chi connectivity index (χ4v) is 1.52. The van der Waals surface area contributed by atoms with Crippen molar-refractivity contribution in [3.8, 4) is 0 Å². The number of nitrogens with zero attached hydrogens (tertiary/aromatic N) is 1.